The Morgan fingerprint density at radius 1 is 1.16 bits per heavy atom. The van der Waals surface area contributed by atoms with Crippen LogP contribution in [0.5, 0.6) is 0 Å². The fourth-order valence-electron chi connectivity index (χ4n) is 1.73. The summed E-state index contributed by atoms with van der Waals surface area (Å²) >= 11 is 0. The maximum atomic E-state index is 8.74. The van der Waals surface area contributed by atoms with Crippen LogP contribution in [0.2, 0.25) is 0 Å². The Balaban J connectivity index is 0.000000312. The minimum atomic E-state index is -4.67. The number of benzene rings is 1. The van der Waals surface area contributed by atoms with Crippen molar-refractivity contribution in [2.75, 3.05) is 0 Å². The number of aromatic nitrogens is 1. The lowest BCUT2D eigenvalue weighted by Crippen LogP contribution is -1.90. The first-order valence-electron chi connectivity index (χ1n) is 5.94. The number of unbranched alkanes of at least 4 members (excludes halogenated alkanes) is 1. The smallest absolute Gasteiger partial charge is 0.264 e. The van der Waals surface area contributed by atoms with E-state index in [4.69, 9.17) is 17.5 Å². The third kappa shape index (κ3) is 6.28. The summed E-state index contributed by atoms with van der Waals surface area (Å²) in [6, 6.07) is 10.5. The van der Waals surface area contributed by atoms with Crippen molar-refractivity contribution < 1.29 is 17.5 Å². The summed E-state index contributed by atoms with van der Waals surface area (Å²) in [7, 11) is -4.67. The minimum absolute atomic E-state index is 1.10. The third-order valence-corrected chi connectivity index (χ3v) is 2.52. The predicted octanol–water partition coefficient (Wildman–Crippen LogP) is 2.92. The molecule has 0 aliphatic heterocycles. The SMILES string of the molecule is CCCCc1nccc2ccccc12.O=S(=O)(O)O. The second-order valence-electron chi connectivity index (χ2n) is 4.03. The van der Waals surface area contributed by atoms with Crippen LogP contribution in [0.4, 0.5) is 0 Å². The van der Waals surface area contributed by atoms with Gasteiger partial charge in [-0.3, -0.25) is 14.1 Å². The van der Waals surface area contributed by atoms with Crippen LogP contribution in [-0.2, 0) is 16.8 Å². The van der Waals surface area contributed by atoms with E-state index < -0.39 is 10.4 Å². The van der Waals surface area contributed by atoms with E-state index in [0.717, 1.165) is 6.42 Å². The molecular formula is C13H17NO4S. The highest BCUT2D eigenvalue weighted by atomic mass is 32.3. The number of pyridine rings is 1. The maximum absolute atomic E-state index is 8.74. The average Bonchev–Trinajstić information content (AvgIpc) is 2.34. The topological polar surface area (TPSA) is 87.5 Å². The van der Waals surface area contributed by atoms with Gasteiger partial charge in [-0.05, 0) is 24.3 Å². The molecule has 1 aromatic heterocycles. The molecule has 0 aliphatic rings. The highest BCUT2D eigenvalue weighted by Crippen LogP contribution is 2.17. The van der Waals surface area contributed by atoms with Crippen molar-refractivity contribution in [2.45, 2.75) is 26.2 Å². The van der Waals surface area contributed by atoms with Gasteiger partial charge in [-0.15, -0.1) is 0 Å². The molecule has 0 aliphatic carbocycles. The Labute approximate surface area is 112 Å². The lowest BCUT2D eigenvalue weighted by Gasteiger charge is -2.03. The number of aryl methyl sites for hydroxylation is 1. The van der Waals surface area contributed by atoms with Gasteiger partial charge in [0.15, 0.2) is 0 Å². The molecule has 19 heavy (non-hydrogen) atoms. The first-order valence-corrected chi connectivity index (χ1v) is 7.34. The van der Waals surface area contributed by atoms with E-state index in [0.29, 0.717) is 0 Å². The molecule has 0 spiro atoms. The summed E-state index contributed by atoms with van der Waals surface area (Å²) < 4.78 is 31.6. The zero-order valence-corrected chi connectivity index (χ0v) is 11.5. The Hall–Kier alpha value is -1.50. The van der Waals surface area contributed by atoms with Crippen LogP contribution in [0.15, 0.2) is 36.5 Å². The summed E-state index contributed by atoms with van der Waals surface area (Å²) in [6.45, 7) is 2.21. The second kappa shape index (κ2) is 7.18. The van der Waals surface area contributed by atoms with Gasteiger partial charge in [0.25, 0.3) is 0 Å². The third-order valence-electron chi connectivity index (χ3n) is 2.52. The fourth-order valence-corrected chi connectivity index (χ4v) is 1.73. The molecule has 0 radical (unpaired) electrons. The Bertz CT molecular complexity index is 612. The van der Waals surface area contributed by atoms with E-state index in [1.54, 1.807) is 0 Å². The van der Waals surface area contributed by atoms with Crippen molar-refractivity contribution in [3.63, 3.8) is 0 Å². The van der Waals surface area contributed by atoms with Crippen molar-refractivity contribution in [3.05, 3.63) is 42.2 Å². The predicted molar refractivity (Wildman–Crippen MR) is 74.5 cm³/mol. The molecule has 104 valence electrons. The molecular weight excluding hydrogens is 266 g/mol. The van der Waals surface area contributed by atoms with Crippen LogP contribution in [0.3, 0.4) is 0 Å². The summed E-state index contributed by atoms with van der Waals surface area (Å²) in [4.78, 5) is 4.44. The molecule has 6 heteroatoms. The van der Waals surface area contributed by atoms with Crippen LogP contribution in [0.25, 0.3) is 10.8 Å². The van der Waals surface area contributed by atoms with Gasteiger partial charge in [0.2, 0.25) is 0 Å². The van der Waals surface area contributed by atoms with Gasteiger partial charge in [-0.1, -0.05) is 37.6 Å². The Morgan fingerprint density at radius 2 is 1.79 bits per heavy atom. The lowest BCUT2D eigenvalue weighted by molar-refractivity contribution is 0.381. The lowest BCUT2D eigenvalue weighted by atomic mass is 10.1. The number of hydrogen-bond donors (Lipinski definition) is 2. The van der Waals surface area contributed by atoms with Crippen molar-refractivity contribution in [1.29, 1.82) is 0 Å². The van der Waals surface area contributed by atoms with E-state index in [2.05, 4.69) is 42.2 Å². The molecule has 0 fully saturated rings. The number of rotatable bonds is 3. The van der Waals surface area contributed by atoms with Crippen molar-refractivity contribution >= 4 is 21.2 Å². The molecule has 0 saturated carbocycles. The van der Waals surface area contributed by atoms with Crippen LogP contribution >= 0.6 is 0 Å². The summed E-state index contributed by atoms with van der Waals surface area (Å²) in [6.07, 6.45) is 5.46. The largest absolute Gasteiger partial charge is 0.394 e. The highest BCUT2D eigenvalue weighted by Gasteiger charge is 2.00. The number of nitrogens with zero attached hydrogens (tertiary/aromatic N) is 1. The van der Waals surface area contributed by atoms with Crippen LogP contribution in [-0.4, -0.2) is 22.5 Å². The van der Waals surface area contributed by atoms with Crippen molar-refractivity contribution in [1.82, 2.24) is 4.98 Å². The first-order chi connectivity index (χ1) is 8.92. The molecule has 2 rings (SSSR count). The van der Waals surface area contributed by atoms with Gasteiger partial charge in [-0.25, -0.2) is 0 Å². The normalized spacial score (nSPS) is 10.9. The molecule has 0 atom stereocenters. The number of hydrogen-bond acceptors (Lipinski definition) is 3. The van der Waals surface area contributed by atoms with Gasteiger partial charge in [-0.2, -0.15) is 8.42 Å². The van der Waals surface area contributed by atoms with Gasteiger partial charge in [0, 0.05) is 17.3 Å². The molecule has 0 saturated heterocycles. The molecule has 5 nitrogen and oxygen atoms in total. The second-order valence-corrected chi connectivity index (χ2v) is 4.93. The van der Waals surface area contributed by atoms with Gasteiger partial charge >= 0.3 is 10.4 Å². The Morgan fingerprint density at radius 3 is 2.42 bits per heavy atom. The van der Waals surface area contributed by atoms with Crippen LogP contribution < -0.4 is 0 Å². The van der Waals surface area contributed by atoms with E-state index >= 15 is 0 Å². The monoisotopic (exact) mass is 283 g/mol. The van der Waals surface area contributed by atoms with Crippen LogP contribution in [0.1, 0.15) is 25.5 Å². The molecule has 0 amide bonds. The zero-order chi connectivity index (χ0) is 14.3. The summed E-state index contributed by atoms with van der Waals surface area (Å²) in [5, 5.41) is 2.61. The minimum Gasteiger partial charge on any atom is -0.264 e. The van der Waals surface area contributed by atoms with Gasteiger partial charge < -0.3 is 0 Å². The molecule has 0 bridgehead atoms. The summed E-state index contributed by atoms with van der Waals surface area (Å²) in [5.41, 5.74) is 1.24. The Kier molecular flexibility index (Phi) is 5.88. The van der Waals surface area contributed by atoms with E-state index in [1.165, 1.54) is 29.3 Å². The molecule has 2 aromatic rings. The quantitative estimate of drug-likeness (QED) is 0.846. The maximum Gasteiger partial charge on any atom is 0.394 e. The van der Waals surface area contributed by atoms with Crippen LogP contribution in [0, 0.1) is 0 Å². The van der Waals surface area contributed by atoms with Crippen molar-refractivity contribution in [2.24, 2.45) is 0 Å². The standard InChI is InChI=1S/C13H15N.H2O4S/c1-2-3-8-13-12-7-5-4-6-11(12)9-10-14-13;1-5(2,3)4/h4-7,9-10H,2-3,8H2,1H3;(H2,1,2,3,4). The zero-order valence-electron chi connectivity index (χ0n) is 10.7. The highest BCUT2D eigenvalue weighted by molar-refractivity contribution is 7.79. The van der Waals surface area contributed by atoms with E-state index in [9.17, 15) is 0 Å². The summed E-state index contributed by atoms with van der Waals surface area (Å²) in [5.74, 6) is 0. The van der Waals surface area contributed by atoms with E-state index in [-0.39, 0.29) is 0 Å². The molecule has 1 aromatic carbocycles. The molecule has 0 unspecified atom stereocenters. The van der Waals surface area contributed by atoms with Gasteiger partial charge in [0.05, 0.1) is 0 Å². The first kappa shape index (κ1) is 15.6. The fraction of sp³-hybridized carbons (Fsp3) is 0.308. The van der Waals surface area contributed by atoms with Crippen molar-refractivity contribution in [3.8, 4) is 0 Å². The average molecular weight is 283 g/mol. The van der Waals surface area contributed by atoms with Gasteiger partial charge in [0.1, 0.15) is 0 Å². The molecule has 1 heterocycles. The number of fused-ring (bicyclic) bond motifs is 1. The molecule has 2 N–H and O–H groups in total. The van der Waals surface area contributed by atoms with E-state index in [1.807, 2.05) is 6.20 Å².